The summed E-state index contributed by atoms with van der Waals surface area (Å²) in [5, 5.41) is 17.8. The van der Waals surface area contributed by atoms with Crippen LogP contribution < -0.4 is 5.46 Å². The molecule has 80 valence electrons. The molecule has 1 heterocycles. The van der Waals surface area contributed by atoms with E-state index in [0.29, 0.717) is 5.82 Å². The van der Waals surface area contributed by atoms with Gasteiger partial charge in [-0.25, -0.2) is 9.97 Å². The van der Waals surface area contributed by atoms with Gasteiger partial charge in [0.05, 0.1) is 0 Å². The van der Waals surface area contributed by atoms with E-state index in [1.165, 1.54) is 18.0 Å². The predicted octanol–water partition coefficient (Wildman–Crippen LogP) is 0.132. The molecule has 0 saturated heterocycles. The van der Waals surface area contributed by atoms with Crippen molar-refractivity contribution in [2.24, 2.45) is 0 Å². The van der Waals surface area contributed by atoms with E-state index >= 15 is 0 Å². The van der Waals surface area contributed by atoms with Gasteiger partial charge in [-0.3, -0.25) is 0 Å². The highest BCUT2D eigenvalue weighted by atomic mass is 16.4. The molecule has 2 N–H and O–H groups in total. The maximum absolute atomic E-state index is 8.90. The molecule has 1 aromatic heterocycles. The molecule has 0 atom stereocenters. The number of rotatable bonds is 2. The second kappa shape index (κ2) is 4.43. The molecule has 0 bridgehead atoms. The predicted molar refractivity (Wildman–Crippen MR) is 62.0 cm³/mol. The molecule has 0 aliphatic rings. The number of aromatic nitrogens is 2. The summed E-state index contributed by atoms with van der Waals surface area (Å²) >= 11 is 0. The minimum absolute atomic E-state index is 0.288. The van der Waals surface area contributed by atoms with Crippen molar-refractivity contribution in [1.29, 1.82) is 0 Å². The molecular formula is C11H11BN2O2. The van der Waals surface area contributed by atoms with Gasteiger partial charge in [0.15, 0.2) is 5.82 Å². The summed E-state index contributed by atoms with van der Waals surface area (Å²) in [6.07, 6.45) is 2.82. The Morgan fingerprint density at radius 2 is 1.56 bits per heavy atom. The molecule has 0 spiro atoms. The quantitative estimate of drug-likeness (QED) is 0.697. The van der Waals surface area contributed by atoms with E-state index in [9.17, 15) is 0 Å². The average Bonchev–Trinajstić information content (AvgIpc) is 2.30. The monoisotopic (exact) mass is 214 g/mol. The fourth-order valence-corrected chi connectivity index (χ4v) is 1.32. The fraction of sp³-hybridized carbons (Fsp3) is 0.0909. The molecule has 5 heteroatoms. The van der Waals surface area contributed by atoms with Gasteiger partial charge in [-0.1, -0.05) is 29.8 Å². The Labute approximate surface area is 93.8 Å². The van der Waals surface area contributed by atoms with Crippen LogP contribution in [-0.2, 0) is 0 Å². The standard InChI is InChI=1S/C11H11BN2O2/c1-8-2-4-9(5-3-8)11-13-6-10(7-14-11)12(15)16/h2-7,15-16H,1H3. The van der Waals surface area contributed by atoms with E-state index in [1.807, 2.05) is 31.2 Å². The van der Waals surface area contributed by atoms with Crippen molar-refractivity contribution in [3.05, 3.63) is 42.2 Å². The van der Waals surface area contributed by atoms with Gasteiger partial charge in [-0.15, -0.1) is 0 Å². The van der Waals surface area contributed by atoms with Crippen molar-refractivity contribution >= 4 is 12.6 Å². The molecule has 0 amide bonds. The SMILES string of the molecule is Cc1ccc(-c2ncc(B(O)O)cn2)cc1. The van der Waals surface area contributed by atoms with E-state index in [4.69, 9.17) is 10.0 Å². The van der Waals surface area contributed by atoms with Crippen molar-refractivity contribution in [3.63, 3.8) is 0 Å². The summed E-state index contributed by atoms with van der Waals surface area (Å²) in [4.78, 5) is 8.14. The molecule has 0 radical (unpaired) electrons. The zero-order valence-corrected chi connectivity index (χ0v) is 8.83. The Kier molecular flexibility index (Phi) is 2.98. The van der Waals surface area contributed by atoms with Crippen LogP contribution in [-0.4, -0.2) is 27.1 Å². The third kappa shape index (κ3) is 2.26. The summed E-state index contributed by atoms with van der Waals surface area (Å²) in [6.45, 7) is 2.01. The average molecular weight is 214 g/mol. The van der Waals surface area contributed by atoms with E-state index in [-0.39, 0.29) is 5.46 Å². The van der Waals surface area contributed by atoms with Crippen LogP contribution >= 0.6 is 0 Å². The van der Waals surface area contributed by atoms with Crippen LogP contribution in [0.3, 0.4) is 0 Å². The molecule has 0 fully saturated rings. The largest absolute Gasteiger partial charge is 0.491 e. The normalized spacial score (nSPS) is 10.2. The Morgan fingerprint density at radius 1 is 1.00 bits per heavy atom. The van der Waals surface area contributed by atoms with Crippen LogP contribution in [0.25, 0.3) is 11.4 Å². The van der Waals surface area contributed by atoms with Crippen molar-refractivity contribution in [2.45, 2.75) is 6.92 Å². The summed E-state index contributed by atoms with van der Waals surface area (Å²) in [7, 11) is -1.52. The molecule has 0 unspecified atom stereocenters. The first-order chi connectivity index (χ1) is 7.66. The highest BCUT2D eigenvalue weighted by Gasteiger charge is 2.11. The maximum atomic E-state index is 8.90. The van der Waals surface area contributed by atoms with Gasteiger partial charge in [0, 0.05) is 23.4 Å². The second-order valence-corrected chi connectivity index (χ2v) is 3.58. The Bertz CT molecular complexity index is 468. The third-order valence-electron chi connectivity index (χ3n) is 2.28. The van der Waals surface area contributed by atoms with E-state index in [1.54, 1.807) is 0 Å². The van der Waals surface area contributed by atoms with Gasteiger partial charge < -0.3 is 10.0 Å². The number of benzene rings is 1. The van der Waals surface area contributed by atoms with E-state index in [0.717, 1.165) is 5.56 Å². The molecule has 0 aliphatic carbocycles. The third-order valence-corrected chi connectivity index (χ3v) is 2.28. The van der Waals surface area contributed by atoms with Gasteiger partial charge in [0.25, 0.3) is 0 Å². The molecule has 0 saturated carbocycles. The minimum Gasteiger partial charge on any atom is -0.423 e. The topological polar surface area (TPSA) is 66.2 Å². The van der Waals surface area contributed by atoms with Crippen LogP contribution in [0.2, 0.25) is 0 Å². The van der Waals surface area contributed by atoms with Gasteiger partial charge >= 0.3 is 7.12 Å². The molecular weight excluding hydrogens is 203 g/mol. The van der Waals surface area contributed by atoms with Crippen LogP contribution in [0.5, 0.6) is 0 Å². The Hall–Kier alpha value is -1.72. The second-order valence-electron chi connectivity index (χ2n) is 3.58. The van der Waals surface area contributed by atoms with Gasteiger partial charge in [-0.05, 0) is 6.92 Å². The lowest BCUT2D eigenvalue weighted by Crippen LogP contribution is -2.30. The summed E-state index contributed by atoms with van der Waals surface area (Å²) in [5.41, 5.74) is 2.37. The van der Waals surface area contributed by atoms with Crippen LogP contribution in [0.4, 0.5) is 0 Å². The van der Waals surface area contributed by atoms with Crippen LogP contribution in [0, 0.1) is 6.92 Å². The molecule has 2 aromatic rings. The Morgan fingerprint density at radius 3 is 2.06 bits per heavy atom. The maximum Gasteiger partial charge on any atom is 0.491 e. The van der Waals surface area contributed by atoms with Gasteiger partial charge in [-0.2, -0.15) is 0 Å². The summed E-state index contributed by atoms with van der Waals surface area (Å²) in [6, 6.07) is 7.82. The van der Waals surface area contributed by atoms with Crippen molar-refractivity contribution in [2.75, 3.05) is 0 Å². The first kappa shape index (κ1) is 10.8. The lowest BCUT2D eigenvalue weighted by molar-refractivity contribution is 0.425. The van der Waals surface area contributed by atoms with Crippen molar-refractivity contribution in [3.8, 4) is 11.4 Å². The molecule has 16 heavy (non-hydrogen) atoms. The minimum atomic E-state index is -1.52. The first-order valence-corrected chi connectivity index (χ1v) is 4.92. The molecule has 1 aromatic carbocycles. The van der Waals surface area contributed by atoms with Crippen LogP contribution in [0.1, 0.15) is 5.56 Å². The van der Waals surface area contributed by atoms with Crippen molar-refractivity contribution in [1.82, 2.24) is 9.97 Å². The fourth-order valence-electron chi connectivity index (χ4n) is 1.32. The Balaban J connectivity index is 2.31. The zero-order chi connectivity index (χ0) is 11.5. The highest BCUT2D eigenvalue weighted by molar-refractivity contribution is 6.58. The molecule has 2 rings (SSSR count). The summed E-state index contributed by atoms with van der Waals surface area (Å²) < 4.78 is 0. The van der Waals surface area contributed by atoms with Crippen LogP contribution in [0.15, 0.2) is 36.7 Å². The first-order valence-electron chi connectivity index (χ1n) is 4.92. The lowest BCUT2D eigenvalue weighted by atomic mass is 9.83. The highest BCUT2D eigenvalue weighted by Crippen LogP contribution is 2.13. The zero-order valence-electron chi connectivity index (χ0n) is 8.83. The van der Waals surface area contributed by atoms with E-state index < -0.39 is 7.12 Å². The number of hydrogen-bond donors (Lipinski definition) is 2. The van der Waals surface area contributed by atoms with Crippen molar-refractivity contribution < 1.29 is 10.0 Å². The summed E-state index contributed by atoms with van der Waals surface area (Å²) in [5.74, 6) is 0.574. The number of hydrogen-bond acceptors (Lipinski definition) is 4. The van der Waals surface area contributed by atoms with E-state index in [2.05, 4.69) is 9.97 Å². The number of nitrogens with zero attached hydrogens (tertiary/aromatic N) is 2. The number of aryl methyl sites for hydroxylation is 1. The van der Waals surface area contributed by atoms with Gasteiger partial charge in [0.2, 0.25) is 0 Å². The molecule has 0 aliphatic heterocycles. The smallest absolute Gasteiger partial charge is 0.423 e. The molecule has 4 nitrogen and oxygen atoms in total. The lowest BCUT2D eigenvalue weighted by Gasteiger charge is -2.02. The van der Waals surface area contributed by atoms with Gasteiger partial charge in [0.1, 0.15) is 0 Å².